The van der Waals surface area contributed by atoms with Gasteiger partial charge in [-0.15, -0.1) is 0 Å². The van der Waals surface area contributed by atoms with Crippen molar-refractivity contribution < 1.29 is 19.8 Å². The Bertz CT molecular complexity index is 497. The molecule has 7 heteroatoms. The van der Waals surface area contributed by atoms with Crippen molar-refractivity contribution in [1.29, 1.82) is 0 Å². The lowest BCUT2D eigenvalue weighted by molar-refractivity contribution is -0.139. The number of rotatable bonds is 4. The number of nitrogens with one attached hydrogen (secondary N) is 2. The molecule has 1 aromatic carbocycles. The molecular formula is C14H19N3O4. The standard InChI is InChI=1S/C14H19N3O4/c18-11-3-1-10(2-4-11)9-12(13(19)20)16-14(21)17-7-5-15-6-8-17/h1-4,12,15,18H,5-9H2,(H,16,21)(H,19,20)/t12-/m1/s1. The number of benzene rings is 1. The molecule has 2 rings (SSSR count). The average molecular weight is 293 g/mol. The van der Waals surface area contributed by atoms with Crippen LogP contribution in [0.3, 0.4) is 0 Å². The van der Waals surface area contributed by atoms with Crippen LogP contribution >= 0.6 is 0 Å². The molecule has 4 N–H and O–H groups in total. The van der Waals surface area contributed by atoms with Gasteiger partial charge < -0.3 is 25.7 Å². The Hall–Kier alpha value is -2.28. The van der Waals surface area contributed by atoms with Crippen LogP contribution in [0.25, 0.3) is 0 Å². The number of urea groups is 1. The number of nitrogens with zero attached hydrogens (tertiary/aromatic N) is 1. The van der Waals surface area contributed by atoms with Gasteiger partial charge in [0.2, 0.25) is 0 Å². The van der Waals surface area contributed by atoms with Crippen molar-refractivity contribution in [1.82, 2.24) is 15.5 Å². The van der Waals surface area contributed by atoms with Gasteiger partial charge in [-0.1, -0.05) is 12.1 Å². The minimum Gasteiger partial charge on any atom is -0.508 e. The van der Waals surface area contributed by atoms with Gasteiger partial charge >= 0.3 is 12.0 Å². The lowest BCUT2D eigenvalue weighted by Gasteiger charge is -2.28. The maximum atomic E-state index is 12.0. The Kier molecular flexibility index (Phi) is 4.99. The second-order valence-corrected chi connectivity index (χ2v) is 4.95. The highest BCUT2D eigenvalue weighted by molar-refractivity contribution is 5.82. The van der Waals surface area contributed by atoms with E-state index in [1.807, 2.05) is 0 Å². The molecule has 1 aliphatic rings. The first kappa shape index (κ1) is 15.1. The van der Waals surface area contributed by atoms with Crippen LogP contribution in [-0.2, 0) is 11.2 Å². The van der Waals surface area contributed by atoms with Crippen LogP contribution in [0.15, 0.2) is 24.3 Å². The lowest BCUT2D eigenvalue weighted by Crippen LogP contribution is -2.54. The van der Waals surface area contributed by atoms with E-state index >= 15 is 0 Å². The van der Waals surface area contributed by atoms with Crippen LogP contribution < -0.4 is 10.6 Å². The van der Waals surface area contributed by atoms with E-state index in [2.05, 4.69) is 10.6 Å². The molecule has 1 saturated heterocycles. The van der Waals surface area contributed by atoms with Gasteiger partial charge in [-0.05, 0) is 17.7 Å². The first-order chi connectivity index (χ1) is 10.1. The van der Waals surface area contributed by atoms with Crippen molar-refractivity contribution in [2.75, 3.05) is 26.2 Å². The third-order valence-corrected chi connectivity index (χ3v) is 3.38. The van der Waals surface area contributed by atoms with E-state index in [-0.39, 0.29) is 18.2 Å². The van der Waals surface area contributed by atoms with Crippen molar-refractivity contribution in [2.45, 2.75) is 12.5 Å². The summed E-state index contributed by atoms with van der Waals surface area (Å²) in [6.07, 6.45) is 0.174. The molecule has 114 valence electrons. The summed E-state index contributed by atoms with van der Waals surface area (Å²) in [6.45, 7) is 2.56. The van der Waals surface area contributed by atoms with Crippen LogP contribution in [-0.4, -0.2) is 59.3 Å². The Labute approximate surface area is 122 Å². The SMILES string of the molecule is O=C(O)[C@@H](Cc1ccc(O)cc1)NC(=O)N1CCNCC1. The highest BCUT2D eigenvalue weighted by Crippen LogP contribution is 2.11. The van der Waals surface area contributed by atoms with Crippen LogP contribution in [0.2, 0.25) is 0 Å². The van der Waals surface area contributed by atoms with Crippen LogP contribution in [0, 0.1) is 0 Å². The molecule has 0 aromatic heterocycles. The van der Waals surface area contributed by atoms with E-state index < -0.39 is 12.0 Å². The van der Waals surface area contributed by atoms with Crippen molar-refractivity contribution in [3.8, 4) is 5.75 Å². The van der Waals surface area contributed by atoms with Crippen molar-refractivity contribution in [2.24, 2.45) is 0 Å². The Balaban J connectivity index is 1.96. The Morgan fingerprint density at radius 3 is 2.43 bits per heavy atom. The molecule has 0 spiro atoms. The zero-order chi connectivity index (χ0) is 15.2. The normalized spacial score (nSPS) is 16.3. The van der Waals surface area contributed by atoms with Gasteiger partial charge in [0.05, 0.1) is 0 Å². The predicted molar refractivity (Wildman–Crippen MR) is 76.2 cm³/mol. The maximum Gasteiger partial charge on any atom is 0.326 e. The fourth-order valence-electron chi connectivity index (χ4n) is 2.18. The highest BCUT2D eigenvalue weighted by atomic mass is 16.4. The quantitative estimate of drug-likeness (QED) is 0.626. The molecule has 0 radical (unpaired) electrons. The van der Waals surface area contributed by atoms with Gasteiger partial charge in [0.1, 0.15) is 11.8 Å². The van der Waals surface area contributed by atoms with Crippen LogP contribution in [0.4, 0.5) is 4.79 Å². The summed E-state index contributed by atoms with van der Waals surface area (Å²) >= 11 is 0. The van der Waals surface area contributed by atoms with Crippen LogP contribution in [0.5, 0.6) is 5.75 Å². The molecule has 1 atom stereocenters. The number of amides is 2. The summed E-state index contributed by atoms with van der Waals surface area (Å²) in [5.74, 6) is -0.956. The number of carboxylic acids is 1. The van der Waals surface area contributed by atoms with E-state index in [1.54, 1.807) is 17.0 Å². The van der Waals surface area contributed by atoms with Gasteiger partial charge in [0.15, 0.2) is 0 Å². The molecule has 1 heterocycles. The van der Waals surface area contributed by atoms with Crippen molar-refractivity contribution in [3.05, 3.63) is 29.8 Å². The largest absolute Gasteiger partial charge is 0.508 e. The highest BCUT2D eigenvalue weighted by Gasteiger charge is 2.24. The number of carbonyl (C=O) groups excluding carboxylic acids is 1. The summed E-state index contributed by atoms with van der Waals surface area (Å²) in [7, 11) is 0. The van der Waals surface area contributed by atoms with Gasteiger partial charge in [0, 0.05) is 32.6 Å². The van der Waals surface area contributed by atoms with Gasteiger partial charge in [-0.3, -0.25) is 0 Å². The van der Waals surface area contributed by atoms with Gasteiger partial charge in [0.25, 0.3) is 0 Å². The number of aromatic hydroxyl groups is 1. The van der Waals surface area contributed by atoms with Crippen molar-refractivity contribution in [3.63, 3.8) is 0 Å². The van der Waals surface area contributed by atoms with Gasteiger partial charge in [-0.25, -0.2) is 9.59 Å². The van der Waals surface area contributed by atoms with E-state index in [4.69, 9.17) is 0 Å². The molecule has 2 amide bonds. The van der Waals surface area contributed by atoms with Gasteiger partial charge in [-0.2, -0.15) is 0 Å². The number of aliphatic carboxylic acids is 1. The second-order valence-electron chi connectivity index (χ2n) is 4.95. The monoisotopic (exact) mass is 293 g/mol. The topological polar surface area (TPSA) is 102 Å². The molecule has 1 aliphatic heterocycles. The number of phenolic OH excluding ortho intramolecular Hbond substituents is 1. The van der Waals surface area contributed by atoms with Crippen molar-refractivity contribution >= 4 is 12.0 Å². The first-order valence-electron chi connectivity index (χ1n) is 6.83. The maximum absolute atomic E-state index is 12.0. The van der Waals surface area contributed by atoms with E-state index in [9.17, 15) is 19.8 Å². The number of hydrogen-bond acceptors (Lipinski definition) is 4. The van der Waals surface area contributed by atoms with E-state index in [0.717, 1.165) is 5.56 Å². The number of phenols is 1. The summed E-state index contributed by atoms with van der Waals surface area (Å²) in [5, 5.41) is 24.1. The fourth-order valence-corrected chi connectivity index (χ4v) is 2.18. The number of hydrogen-bond donors (Lipinski definition) is 4. The Morgan fingerprint density at radius 2 is 1.86 bits per heavy atom. The molecule has 0 bridgehead atoms. The first-order valence-corrected chi connectivity index (χ1v) is 6.83. The summed E-state index contributed by atoms with van der Waals surface area (Å²) < 4.78 is 0. The number of carbonyl (C=O) groups is 2. The summed E-state index contributed by atoms with van der Waals surface area (Å²) in [5.41, 5.74) is 0.737. The lowest BCUT2D eigenvalue weighted by atomic mass is 10.1. The molecular weight excluding hydrogens is 274 g/mol. The third-order valence-electron chi connectivity index (χ3n) is 3.38. The molecule has 1 aromatic rings. The predicted octanol–water partition coefficient (Wildman–Crippen LogP) is 0.00270. The minimum absolute atomic E-state index is 0.121. The number of carboxylic acid groups (broad SMARTS) is 1. The molecule has 0 aliphatic carbocycles. The zero-order valence-electron chi connectivity index (χ0n) is 11.6. The molecule has 0 saturated carbocycles. The fraction of sp³-hybridized carbons (Fsp3) is 0.429. The molecule has 7 nitrogen and oxygen atoms in total. The van der Waals surface area contributed by atoms with Crippen LogP contribution in [0.1, 0.15) is 5.56 Å². The number of piperazine rings is 1. The molecule has 0 unspecified atom stereocenters. The molecule has 21 heavy (non-hydrogen) atoms. The minimum atomic E-state index is -1.08. The second kappa shape index (κ2) is 6.94. The Morgan fingerprint density at radius 1 is 1.24 bits per heavy atom. The van der Waals surface area contributed by atoms with E-state index in [1.165, 1.54) is 12.1 Å². The summed E-state index contributed by atoms with van der Waals surface area (Å²) in [4.78, 5) is 24.9. The van der Waals surface area contributed by atoms with E-state index in [0.29, 0.717) is 26.2 Å². The third kappa shape index (κ3) is 4.35. The summed E-state index contributed by atoms with van der Waals surface area (Å²) in [6, 6.07) is 4.92. The zero-order valence-corrected chi connectivity index (χ0v) is 11.6. The molecule has 1 fully saturated rings. The smallest absolute Gasteiger partial charge is 0.326 e. The average Bonchev–Trinajstić information content (AvgIpc) is 2.49.